The highest BCUT2D eigenvalue weighted by molar-refractivity contribution is 7.99. The van der Waals surface area contributed by atoms with Crippen molar-refractivity contribution in [3.05, 3.63) is 72.9 Å². The molecule has 2 aromatic heterocycles. The van der Waals surface area contributed by atoms with Crippen LogP contribution in [0.15, 0.2) is 39.9 Å². The molecule has 3 aromatic rings. The molecule has 0 bridgehead atoms. The van der Waals surface area contributed by atoms with E-state index >= 15 is 0 Å². The number of benzene rings is 1. The number of nitro benzene ring substituents is 1. The lowest BCUT2D eigenvalue weighted by Gasteiger charge is -2.09. The molecule has 0 saturated heterocycles. The van der Waals surface area contributed by atoms with Crippen LogP contribution in [0.3, 0.4) is 0 Å². The van der Waals surface area contributed by atoms with Gasteiger partial charge in [-0.25, -0.2) is 9.97 Å². The van der Waals surface area contributed by atoms with Crippen LogP contribution in [0.25, 0.3) is 6.08 Å². The number of aryl methyl sites for hydroxylation is 3. The van der Waals surface area contributed by atoms with Crippen molar-refractivity contribution in [2.75, 3.05) is 5.32 Å². The van der Waals surface area contributed by atoms with Crippen molar-refractivity contribution in [3.8, 4) is 12.1 Å². The van der Waals surface area contributed by atoms with Crippen LogP contribution >= 0.6 is 23.1 Å². The number of hydrogen-bond acceptors (Lipinski definition) is 9. The molecule has 180 valence electrons. The van der Waals surface area contributed by atoms with E-state index in [0.29, 0.717) is 26.2 Å². The molecular weight excluding hydrogens is 496 g/mol. The zero-order chi connectivity index (χ0) is 25.8. The summed E-state index contributed by atoms with van der Waals surface area (Å²) in [5.74, 6) is -0.683. The van der Waals surface area contributed by atoms with Crippen LogP contribution in [0.1, 0.15) is 45.8 Å². The lowest BCUT2D eigenvalue weighted by atomic mass is 9.96. The van der Waals surface area contributed by atoms with Gasteiger partial charge in [0.2, 0.25) is 0 Å². The Bertz CT molecular complexity index is 1480. The standard InChI is InChI=1S/C25H20N6O3S2/c1-14-9-15(2)29-25(28-14)36-21-8-7-18(31(33)34)11-16(21)10-17(12-26)23(32)30-24-20(13-27)19-5-3-4-6-22(19)35-24/h7-11H,3-6H2,1-2H3,(H,30,32)/b17-10-. The maximum Gasteiger partial charge on any atom is 0.270 e. The first-order valence-corrected chi connectivity index (χ1v) is 12.7. The van der Waals surface area contributed by atoms with Crippen LogP contribution < -0.4 is 5.32 Å². The minimum Gasteiger partial charge on any atom is -0.312 e. The van der Waals surface area contributed by atoms with Gasteiger partial charge in [0.15, 0.2) is 5.16 Å². The van der Waals surface area contributed by atoms with Gasteiger partial charge >= 0.3 is 0 Å². The van der Waals surface area contributed by atoms with Gasteiger partial charge in [-0.2, -0.15) is 10.5 Å². The summed E-state index contributed by atoms with van der Waals surface area (Å²) in [4.78, 5) is 34.3. The van der Waals surface area contributed by atoms with Gasteiger partial charge in [0.25, 0.3) is 11.6 Å². The summed E-state index contributed by atoms with van der Waals surface area (Å²) in [5, 5.41) is 34.4. The first-order valence-electron chi connectivity index (χ1n) is 11.1. The van der Waals surface area contributed by atoms with Crippen LogP contribution in [-0.4, -0.2) is 20.8 Å². The smallest absolute Gasteiger partial charge is 0.270 e. The molecule has 0 unspecified atom stereocenters. The van der Waals surface area contributed by atoms with Gasteiger partial charge in [0.1, 0.15) is 22.7 Å². The number of nitriles is 2. The molecule has 9 nitrogen and oxygen atoms in total. The number of rotatable bonds is 6. The van der Waals surface area contributed by atoms with Crippen LogP contribution in [0, 0.1) is 46.6 Å². The summed E-state index contributed by atoms with van der Waals surface area (Å²) < 4.78 is 0. The molecule has 1 N–H and O–H groups in total. The molecular formula is C25H20N6O3S2. The van der Waals surface area contributed by atoms with Crippen LogP contribution in [-0.2, 0) is 17.6 Å². The number of fused-ring (bicyclic) bond motifs is 1. The Hall–Kier alpha value is -4.06. The van der Waals surface area contributed by atoms with Crippen molar-refractivity contribution in [1.82, 2.24) is 9.97 Å². The third kappa shape index (κ3) is 5.43. The third-order valence-corrected chi connectivity index (χ3v) is 7.71. The number of anilines is 1. The summed E-state index contributed by atoms with van der Waals surface area (Å²) in [6, 6.07) is 10.1. The predicted molar refractivity (Wildman–Crippen MR) is 137 cm³/mol. The van der Waals surface area contributed by atoms with Gasteiger partial charge in [0, 0.05) is 33.3 Å². The quantitative estimate of drug-likeness (QED) is 0.148. The minimum absolute atomic E-state index is 0.178. The number of non-ortho nitro benzene ring substituents is 1. The fourth-order valence-corrected chi connectivity index (χ4v) is 6.12. The molecule has 0 saturated carbocycles. The Labute approximate surface area is 215 Å². The van der Waals surface area contributed by atoms with E-state index in [-0.39, 0.29) is 11.3 Å². The summed E-state index contributed by atoms with van der Waals surface area (Å²) in [7, 11) is 0. The van der Waals surface area contributed by atoms with Crippen molar-refractivity contribution in [2.45, 2.75) is 49.6 Å². The Morgan fingerprint density at radius 3 is 2.58 bits per heavy atom. The van der Waals surface area contributed by atoms with E-state index in [1.54, 1.807) is 6.07 Å². The molecule has 1 aliphatic carbocycles. The van der Waals surface area contributed by atoms with Gasteiger partial charge in [-0.15, -0.1) is 11.3 Å². The molecule has 1 aliphatic rings. The van der Waals surface area contributed by atoms with Crippen molar-refractivity contribution >= 4 is 45.8 Å². The number of aromatic nitrogens is 2. The summed E-state index contributed by atoms with van der Waals surface area (Å²) in [6.07, 6.45) is 4.99. The second-order valence-corrected chi connectivity index (χ2v) is 10.3. The SMILES string of the molecule is Cc1cc(C)nc(Sc2ccc([N+](=O)[O-])cc2/C=C(/C#N)C(=O)Nc2sc3c(c2C#N)CCCC3)n1. The molecule has 0 fully saturated rings. The monoisotopic (exact) mass is 516 g/mol. The zero-order valence-electron chi connectivity index (χ0n) is 19.5. The Kier molecular flexibility index (Phi) is 7.44. The minimum atomic E-state index is -0.683. The molecule has 2 heterocycles. The second kappa shape index (κ2) is 10.7. The van der Waals surface area contributed by atoms with Crippen LogP contribution in [0.2, 0.25) is 0 Å². The van der Waals surface area contributed by atoms with Crippen molar-refractivity contribution in [3.63, 3.8) is 0 Å². The largest absolute Gasteiger partial charge is 0.312 e. The van der Waals surface area contributed by atoms with E-state index in [9.17, 15) is 25.4 Å². The third-order valence-electron chi connectivity index (χ3n) is 5.54. The van der Waals surface area contributed by atoms with Gasteiger partial charge in [-0.05, 0) is 80.6 Å². The number of amides is 1. The Morgan fingerprint density at radius 1 is 1.19 bits per heavy atom. The molecule has 1 aromatic carbocycles. The second-order valence-electron chi connectivity index (χ2n) is 8.17. The average Bonchev–Trinajstić information content (AvgIpc) is 3.19. The molecule has 36 heavy (non-hydrogen) atoms. The van der Waals surface area contributed by atoms with E-state index in [1.807, 2.05) is 26.0 Å². The molecule has 0 radical (unpaired) electrons. The summed E-state index contributed by atoms with van der Waals surface area (Å²) in [6.45, 7) is 3.68. The van der Waals surface area contributed by atoms with E-state index in [2.05, 4.69) is 21.4 Å². The van der Waals surface area contributed by atoms with Crippen LogP contribution in [0.5, 0.6) is 0 Å². The average molecular weight is 517 g/mol. The van der Waals surface area contributed by atoms with Gasteiger partial charge in [0.05, 0.1) is 10.5 Å². The van der Waals surface area contributed by atoms with E-state index in [4.69, 9.17) is 0 Å². The lowest BCUT2D eigenvalue weighted by Crippen LogP contribution is -2.13. The number of carbonyl (C=O) groups is 1. The Balaban J connectivity index is 1.69. The predicted octanol–water partition coefficient (Wildman–Crippen LogP) is 5.51. The fraction of sp³-hybridized carbons (Fsp3) is 0.240. The van der Waals surface area contributed by atoms with E-state index in [1.165, 1.54) is 41.3 Å². The zero-order valence-corrected chi connectivity index (χ0v) is 21.1. The highest BCUT2D eigenvalue weighted by Gasteiger charge is 2.23. The fourth-order valence-electron chi connectivity index (χ4n) is 3.94. The highest BCUT2D eigenvalue weighted by atomic mass is 32.2. The number of nitrogens with zero attached hydrogens (tertiary/aromatic N) is 5. The van der Waals surface area contributed by atoms with Gasteiger partial charge in [-0.3, -0.25) is 14.9 Å². The molecule has 4 rings (SSSR count). The Morgan fingerprint density at radius 2 is 1.92 bits per heavy atom. The summed E-state index contributed by atoms with van der Waals surface area (Å²) in [5.41, 5.74) is 2.85. The highest BCUT2D eigenvalue weighted by Crippen LogP contribution is 2.38. The topological polar surface area (TPSA) is 146 Å². The first kappa shape index (κ1) is 25.0. The van der Waals surface area contributed by atoms with Gasteiger partial charge < -0.3 is 5.32 Å². The molecule has 0 aliphatic heterocycles. The molecule has 0 atom stereocenters. The number of hydrogen-bond donors (Lipinski definition) is 1. The maximum atomic E-state index is 13.0. The molecule has 1 amide bonds. The van der Waals surface area contributed by atoms with Crippen molar-refractivity contribution in [2.24, 2.45) is 0 Å². The van der Waals surface area contributed by atoms with E-state index < -0.39 is 10.8 Å². The number of nitrogens with one attached hydrogen (secondary N) is 1. The maximum absolute atomic E-state index is 13.0. The number of thiophene rings is 1. The van der Waals surface area contributed by atoms with Crippen LogP contribution in [0.4, 0.5) is 10.7 Å². The number of carbonyl (C=O) groups excluding carboxylic acids is 1. The van der Waals surface area contributed by atoms with E-state index in [0.717, 1.165) is 47.5 Å². The summed E-state index contributed by atoms with van der Waals surface area (Å²) >= 11 is 2.55. The van der Waals surface area contributed by atoms with Gasteiger partial charge in [-0.1, -0.05) is 0 Å². The lowest BCUT2D eigenvalue weighted by molar-refractivity contribution is -0.384. The molecule has 11 heteroatoms. The molecule has 0 spiro atoms. The van der Waals surface area contributed by atoms with Crippen molar-refractivity contribution in [1.29, 1.82) is 10.5 Å². The van der Waals surface area contributed by atoms with Crippen molar-refractivity contribution < 1.29 is 9.72 Å². The normalized spacial score (nSPS) is 12.8. The first-order chi connectivity index (χ1) is 17.3. The number of nitro groups is 1.